The van der Waals surface area contributed by atoms with E-state index in [0.717, 1.165) is 0 Å². The number of carbonyl (C=O) groups is 2. The van der Waals surface area contributed by atoms with Gasteiger partial charge in [-0.2, -0.15) is 9.78 Å². The molecule has 1 amide bonds. The molecule has 0 fully saturated rings. The van der Waals surface area contributed by atoms with Crippen molar-refractivity contribution in [1.82, 2.24) is 14.8 Å². The number of sulfonamides is 1. The van der Waals surface area contributed by atoms with Gasteiger partial charge in [0, 0.05) is 24.6 Å². The van der Waals surface area contributed by atoms with Gasteiger partial charge in [0.15, 0.2) is 0 Å². The number of fused-ring (bicyclic) bond motifs is 1. The summed E-state index contributed by atoms with van der Waals surface area (Å²) in [5.74, 6) is -0.242. The van der Waals surface area contributed by atoms with Gasteiger partial charge in [0.25, 0.3) is 10.0 Å². The molecule has 0 bridgehead atoms. The number of aryl methyl sites for hydroxylation is 2. The monoisotopic (exact) mass is 459 g/mol. The van der Waals surface area contributed by atoms with Crippen LogP contribution in [-0.2, 0) is 14.8 Å². The standard InChI is InChI=1S/C20H18ClN5O4S/c1-11-3-4-13(9-15(11)31(29,30)25-16-6-5-14(21)10-22-16)19-12(2)24-26-18(28)8-7-17(27)23-20(19)26/h3-6,9-10H,7-8H2,1-2H3,(H,22,25)(H,23,27). The van der Waals surface area contributed by atoms with E-state index < -0.39 is 10.0 Å². The molecule has 0 spiro atoms. The Bertz CT molecular complexity index is 1320. The number of aromatic nitrogens is 3. The SMILES string of the molecule is Cc1ccc(-c2c(C)nn3c2NC(=O)CCC3=O)cc1S(=O)(=O)Nc1ccc(Cl)cn1. The summed E-state index contributed by atoms with van der Waals surface area (Å²) in [5, 5.41) is 7.35. The summed E-state index contributed by atoms with van der Waals surface area (Å²) in [6, 6.07) is 7.85. The van der Waals surface area contributed by atoms with Crippen LogP contribution in [0.2, 0.25) is 5.02 Å². The van der Waals surface area contributed by atoms with Crippen LogP contribution in [-0.4, -0.2) is 35.0 Å². The third-order valence-corrected chi connectivity index (χ3v) is 6.57. The van der Waals surface area contributed by atoms with Crippen molar-refractivity contribution in [2.75, 3.05) is 10.0 Å². The predicted octanol–water partition coefficient (Wildman–Crippen LogP) is 3.39. The number of carbonyl (C=O) groups excluding carboxylic acids is 2. The highest BCUT2D eigenvalue weighted by Crippen LogP contribution is 2.35. The Morgan fingerprint density at radius 3 is 2.61 bits per heavy atom. The molecule has 0 unspecified atom stereocenters. The van der Waals surface area contributed by atoms with Gasteiger partial charge in [-0.1, -0.05) is 23.7 Å². The first-order valence-electron chi connectivity index (χ1n) is 9.34. The van der Waals surface area contributed by atoms with Crippen LogP contribution in [0.15, 0.2) is 41.4 Å². The Morgan fingerprint density at radius 1 is 1.13 bits per heavy atom. The Balaban J connectivity index is 1.80. The molecule has 0 saturated carbocycles. The van der Waals surface area contributed by atoms with Gasteiger partial charge < -0.3 is 5.32 Å². The number of hydrogen-bond donors (Lipinski definition) is 2. The minimum absolute atomic E-state index is 0.0346. The summed E-state index contributed by atoms with van der Waals surface area (Å²) in [4.78, 5) is 28.4. The summed E-state index contributed by atoms with van der Waals surface area (Å²) in [6.07, 6.45) is 1.45. The first-order chi connectivity index (χ1) is 14.7. The highest BCUT2D eigenvalue weighted by molar-refractivity contribution is 7.92. The molecule has 160 valence electrons. The average molecular weight is 460 g/mol. The molecular formula is C20H18ClN5O4S. The fourth-order valence-electron chi connectivity index (χ4n) is 3.36. The second-order valence-electron chi connectivity index (χ2n) is 7.11. The molecule has 0 radical (unpaired) electrons. The van der Waals surface area contributed by atoms with Crippen molar-refractivity contribution in [2.24, 2.45) is 0 Å². The van der Waals surface area contributed by atoms with Crippen LogP contribution >= 0.6 is 11.6 Å². The molecule has 3 aromatic rings. The van der Waals surface area contributed by atoms with Crippen molar-refractivity contribution in [3.05, 3.63) is 52.8 Å². The summed E-state index contributed by atoms with van der Waals surface area (Å²) in [5.41, 5.74) is 2.00. The number of rotatable bonds is 4. The molecule has 9 nitrogen and oxygen atoms in total. The van der Waals surface area contributed by atoms with E-state index in [-0.39, 0.29) is 41.2 Å². The van der Waals surface area contributed by atoms with Crippen molar-refractivity contribution in [2.45, 2.75) is 31.6 Å². The molecule has 2 N–H and O–H groups in total. The minimum atomic E-state index is -3.97. The van der Waals surface area contributed by atoms with E-state index in [9.17, 15) is 18.0 Å². The van der Waals surface area contributed by atoms with Crippen LogP contribution in [0.1, 0.15) is 28.9 Å². The molecule has 2 aromatic heterocycles. The molecule has 0 saturated heterocycles. The smallest absolute Gasteiger partial charge is 0.263 e. The molecule has 0 atom stereocenters. The van der Waals surface area contributed by atoms with Gasteiger partial charge in [0.2, 0.25) is 11.8 Å². The van der Waals surface area contributed by atoms with E-state index in [1.807, 2.05) is 0 Å². The zero-order valence-electron chi connectivity index (χ0n) is 16.6. The minimum Gasteiger partial charge on any atom is -0.310 e. The Morgan fingerprint density at radius 2 is 1.90 bits per heavy atom. The van der Waals surface area contributed by atoms with E-state index in [1.54, 1.807) is 26.0 Å². The Labute approximate surface area is 183 Å². The number of benzene rings is 1. The van der Waals surface area contributed by atoms with Gasteiger partial charge in [-0.15, -0.1) is 0 Å². The lowest BCUT2D eigenvalue weighted by molar-refractivity contribution is -0.116. The van der Waals surface area contributed by atoms with Gasteiger partial charge >= 0.3 is 0 Å². The quantitative estimate of drug-likeness (QED) is 0.616. The molecule has 31 heavy (non-hydrogen) atoms. The van der Waals surface area contributed by atoms with E-state index in [4.69, 9.17) is 11.6 Å². The maximum Gasteiger partial charge on any atom is 0.263 e. The summed E-state index contributed by atoms with van der Waals surface area (Å²) < 4.78 is 29.7. The fraction of sp³-hybridized carbons (Fsp3) is 0.200. The third-order valence-electron chi connectivity index (χ3n) is 4.85. The van der Waals surface area contributed by atoms with Gasteiger partial charge in [0.05, 0.1) is 15.6 Å². The maximum atomic E-state index is 13.0. The van der Waals surface area contributed by atoms with Crippen LogP contribution in [0.3, 0.4) is 0 Å². The van der Waals surface area contributed by atoms with Crippen LogP contribution in [0.5, 0.6) is 0 Å². The molecule has 1 aromatic carbocycles. The number of pyridine rings is 1. The molecule has 4 rings (SSSR count). The first-order valence-corrected chi connectivity index (χ1v) is 11.2. The van der Waals surface area contributed by atoms with Crippen molar-refractivity contribution in [3.63, 3.8) is 0 Å². The van der Waals surface area contributed by atoms with E-state index in [1.165, 1.54) is 29.1 Å². The number of nitrogens with zero attached hydrogens (tertiary/aromatic N) is 3. The van der Waals surface area contributed by atoms with Crippen LogP contribution in [0.25, 0.3) is 11.1 Å². The zero-order chi connectivity index (χ0) is 22.3. The van der Waals surface area contributed by atoms with Crippen molar-refractivity contribution in [3.8, 4) is 11.1 Å². The van der Waals surface area contributed by atoms with Crippen molar-refractivity contribution < 1.29 is 18.0 Å². The number of nitrogens with one attached hydrogen (secondary N) is 2. The third kappa shape index (κ3) is 4.04. The van der Waals surface area contributed by atoms with Crippen molar-refractivity contribution in [1.29, 1.82) is 0 Å². The molecule has 11 heteroatoms. The predicted molar refractivity (Wildman–Crippen MR) is 116 cm³/mol. The van der Waals surface area contributed by atoms with Gasteiger partial charge in [-0.05, 0) is 43.2 Å². The Kier molecular flexibility index (Phi) is 5.28. The lowest BCUT2D eigenvalue weighted by atomic mass is 10.0. The molecule has 1 aliphatic rings. The largest absolute Gasteiger partial charge is 0.310 e. The van der Waals surface area contributed by atoms with Crippen LogP contribution in [0.4, 0.5) is 11.6 Å². The molecular weight excluding hydrogens is 442 g/mol. The summed E-state index contributed by atoms with van der Waals surface area (Å²) >= 11 is 5.81. The van der Waals surface area contributed by atoms with Crippen molar-refractivity contribution >= 4 is 45.1 Å². The van der Waals surface area contributed by atoms with Crippen LogP contribution < -0.4 is 10.0 Å². The lowest BCUT2D eigenvalue weighted by Gasteiger charge is -2.13. The normalized spacial score (nSPS) is 14.0. The highest BCUT2D eigenvalue weighted by atomic mass is 35.5. The average Bonchev–Trinajstić information content (AvgIpc) is 2.96. The van der Waals surface area contributed by atoms with Crippen LogP contribution in [0, 0.1) is 13.8 Å². The Hall–Kier alpha value is -3.24. The number of halogens is 1. The number of amides is 1. The van der Waals surface area contributed by atoms with Gasteiger partial charge in [-0.3, -0.25) is 14.3 Å². The highest BCUT2D eigenvalue weighted by Gasteiger charge is 2.27. The second-order valence-corrected chi connectivity index (χ2v) is 9.20. The summed E-state index contributed by atoms with van der Waals surface area (Å²) in [7, 11) is -3.97. The van der Waals surface area contributed by atoms with Gasteiger partial charge in [-0.25, -0.2) is 13.4 Å². The molecule has 0 aliphatic carbocycles. The maximum absolute atomic E-state index is 13.0. The van der Waals surface area contributed by atoms with Gasteiger partial charge in [0.1, 0.15) is 11.6 Å². The first kappa shape index (κ1) is 21.0. The van der Waals surface area contributed by atoms with E-state index in [2.05, 4.69) is 20.1 Å². The lowest BCUT2D eigenvalue weighted by Crippen LogP contribution is -2.15. The topological polar surface area (TPSA) is 123 Å². The fourth-order valence-corrected chi connectivity index (χ4v) is 4.76. The number of anilines is 2. The number of hydrogen-bond acceptors (Lipinski definition) is 6. The van der Waals surface area contributed by atoms with E-state index >= 15 is 0 Å². The summed E-state index contributed by atoms with van der Waals surface area (Å²) in [6.45, 7) is 3.37. The zero-order valence-corrected chi connectivity index (χ0v) is 18.2. The second kappa shape index (κ2) is 7.78. The molecule has 1 aliphatic heterocycles. The molecule has 3 heterocycles. The van der Waals surface area contributed by atoms with E-state index in [0.29, 0.717) is 27.4 Å².